The van der Waals surface area contributed by atoms with Crippen molar-refractivity contribution in [3.63, 3.8) is 0 Å². The number of nitrogens with two attached hydrogens (primary N) is 2. The van der Waals surface area contributed by atoms with Crippen molar-refractivity contribution in [1.82, 2.24) is 0 Å². The number of primary amides is 1. The number of hydrogen-bond donors (Lipinski definition) is 2. The number of nitrogen functional groups attached to an aromatic ring is 1. The maximum atomic E-state index is 13.7. The maximum absolute atomic E-state index is 13.7. The number of carbonyl (C=O) groups excluding carboxylic acids is 1. The third kappa shape index (κ3) is 3.09. The molecule has 0 aliphatic heterocycles. The fraction of sp³-hybridized carbons (Fsp3) is 0.417. The topological polar surface area (TPSA) is 69.1 Å². The SMILES string of the molecule is CC(C)(CCc1ccc(Cl)c(N)c1F)C(N)=O. The molecule has 17 heavy (non-hydrogen) atoms. The van der Waals surface area contributed by atoms with Crippen LogP contribution in [-0.2, 0) is 11.2 Å². The Hall–Kier alpha value is -1.29. The minimum atomic E-state index is -0.666. The van der Waals surface area contributed by atoms with Crippen LogP contribution in [0.4, 0.5) is 10.1 Å². The van der Waals surface area contributed by atoms with Crippen LogP contribution < -0.4 is 11.5 Å². The maximum Gasteiger partial charge on any atom is 0.223 e. The molecule has 0 saturated heterocycles. The van der Waals surface area contributed by atoms with Gasteiger partial charge in [-0.2, -0.15) is 0 Å². The van der Waals surface area contributed by atoms with Crippen molar-refractivity contribution < 1.29 is 9.18 Å². The fourth-order valence-corrected chi connectivity index (χ4v) is 1.52. The summed E-state index contributed by atoms with van der Waals surface area (Å²) in [6, 6.07) is 3.12. The van der Waals surface area contributed by atoms with Crippen LogP contribution in [0.2, 0.25) is 5.02 Å². The van der Waals surface area contributed by atoms with Crippen LogP contribution in [0, 0.1) is 11.2 Å². The number of benzene rings is 1. The number of anilines is 1. The molecule has 0 atom stereocenters. The number of halogens is 2. The molecule has 0 heterocycles. The third-order valence-corrected chi connectivity index (χ3v) is 3.22. The second kappa shape index (κ2) is 4.92. The average molecular weight is 259 g/mol. The van der Waals surface area contributed by atoms with E-state index in [1.807, 2.05) is 0 Å². The van der Waals surface area contributed by atoms with E-state index in [1.54, 1.807) is 26.0 Å². The van der Waals surface area contributed by atoms with Gasteiger partial charge in [-0.15, -0.1) is 0 Å². The molecule has 0 fully saturated rings. The quantitative estimate of drug-likeness (QED) is 0.815. The lowest BCUT2D eigenvalue weighted by atomic mass is 9.85. The molecule has 94 valence electrons. The zero-order valence-corrected chi connectivity index (χ0v) is 10.6. The first-order valence-electron chi connectivity index (χ1n) is 5.28. The molecule has 0 aliphatic carbocycles. The predicted molar refractivity (Wildman–Crippen MR) is 67.1 cm³/mol. The number of amides is 1. The molecule has 1 amide bonds. The zero-order valence-electron chi connectivity index (χ0n) is 9.89. The van der Waals surface area contributed by atoms with Crippen molar-refractivity contribution in [1.29, 1.82) is 0 Å². The normalized spacial score (nSPS) is 11.5. The average Bonchev–Trinajstić information content (AvgIpc) is 2.25. The predicted octanol–water partition coefficient (Wildman–Crippen LogP) is 2.51. The van der Waals surface area contributed by atoms with Gasteiger partial charge in [0.1, 0.15) is 0 Å². The summed E-state index contributed by atoms with van der Waals surface area (Å²) in [6.07, 6.45) is 0.851. The van der Waals surface area contributed by atoms with Gasteiger partial charge in [0.25, 0.3) is 0 Å². The van der Waals surface area contributed by atoms with E-state index in [1.165, 1.54) is 0 Å². The molecule has 0 bridgehead atoms. The standard InChI is InChI=1S/C12H16ClFN2O/c1-12(2,11(16)17)6-5-7-3-4-8(13)10(15)9(7)14/h3-4H,5-6,15H2,1-2H3,(H2,16,17). The lowest BCUT2D eigenvalue weighted by Gasteiger charge is -2.20. The molecule has 4 N–H and O–H groups in total. The van der Waals surface area contributed by atoms with Crippen molar-refractivity contribution >= 4 is 23.2 Å². The van der Waals surface area contributed by atoms with Gasteiger partial charge in [-0.25, -0.2) is 4.39 Å². The van der Waals surface area contributed by atoms with Crippen LogP contribution in [0.1, 0.15) is 25.8 Å². The number of hydrogen-bond acceptors (Lipinski definition) is 2. The second-order valence-corrected chi connectivity index (χ2v) is 5.09. The van der Waals surface area contributed by atoms with Gasteiger partial charge in [0.05, 0.1) is 10.7 Å². The van der Waals surface area contributed by atoms with E-state index in [4.69, 9.17) is 23.1 Å². The molecular weight excluding hydrogens is 243 g/mol. The van der Waals surface area contributed by atoms with Gasteiger partial charge in [0, 0.05) is 5.41 Å². The molecular formula is C12H16ClFN2O. The smallest absolute Gasteiger partial charge is 0.223 e. The molecule has 5 heteroatoms. The van der Waals surface area contributed by atoms with E-state index >= 15 is 0 Å². The lowest BCUT2D eigenvalue weighted by molar-refractivity contribution is -0.126. The van der Waals surface area contributed by atoms with Crippen molar-refractivity contribution in [2.45, 2.75) is 26.7 Å². The highest BCUT2D eigenvalue weighted by Crippen LogP contribution is 2.28. The lowest BCUT2D eigenvalue weighted by Crippen LogP contribution is -2.31. The fourth-order valence-electron chi connectivity index (χ4n) is 1.38. The Morgan fingerprint density at radius 3 is 2.59 bits per heavy atom. The number of aryl methyl sites for hydroxylation is 1. The summed E-state index contributed by atoms with van der Waals surface area (Å²) in [5.41, 5.74) is 10.5. The van der Waals surface area contributed by atoms with Crippen molar-refractivity contribution in [3.8, 4) is 0 Å². The Balaban J connectivity index is 2.84. The van der Waals surface area contributed by atoms with Gasteiger partial charge in [0.15, 0.2) is 5.82 Å². The van der Waals surface area contributed by atoms with Gasteiger partial charge in [0.2, 0.25) is 5.91 Å². The largest absolute Gasteiger partial charge is 0.395 e. The van der Waals surface area contributed by atoms with Gasteiger partial charge in [-0.1, -0.05) is 31.5 Å². The Morgan fingerprint density at radius 1 is 1.47 bits per heavy atom. The first kappa shape index (κ1) is 13.8. The molecule has 0 saturated carbocycles. The molecule has 0 aromatic heterocycles. The van der Waals surface area contributed by atoms with E-state index in [9.17, 15) is 9.18 Å². The van der Waals surface area contributed by atoms with E-state index in [-0.39, 0.29) is 10.7 Å². The summed E-state index contributed by atoms with van der Waals surface area (Å²) in [6.45, 7) is 3.46. The molecule has 1 aromatic carbocycles. The van der Waals surface area contributed by atoms with Gasteiger partial charge < -0.3 is 11.5 Å². The molecule has 1 rings (SSSR count). The molecule has 1 aromatic rings. The summed E-state index contributed by atoms with van der Waals surface area (Å²) in [7, 11) is 0. The summed E-state index contributed by atoms with van der Waals surface area (Å²) in [4.78, 5) is 11.1. The number of rotatable bonds is 4. The number of carbonyl (C=O) groups is 1. The summed E-state index contributed by atoms with van der Waals surface area (Å²) < 4.78 is 13.7. The van der Waals surface area contributed by atoms with Crippen LogP contribution in [0.15, 0.2) is 12.1 Å². The third-order valence-electron chi connectivity index (χ3n) is 2.89. The Bertz CT molecular complexity index is 446. The van der Waals surface area contributed by atoms with Crippen LogP contribution in [-0.4, -0.2) is 5.91 Å². The second-order valence-electron chi connectivity index (χ2n) is 4.68. The molecule has 0 aliphatic rings. The van der Waals surface area contributed by atoms with Crippen molar-refractivity contribution in [2.24, 2.45) is 11.1 Å². The summed E-state index contributed by atoms with van der Waals surface area (Å²) in [5, 5.41) is 0.195. The van der Waals surface area contributed by atoms with Crippen LogP contribution in [0.3, 0.4) is 0 Å². The first-order chi connectivity index (χ1) is 7.75. The van der Waals surface area contributed by atoms with E-state index in [2.05, 4.69) is 0 Å². The highest BCUT2D eigenvalue weighted by atomic mass is 35.5. The minimum absolute atomic E-state index is 0.0546. The zero-order chi connectivity index (χ0) is 13.2. The Labute approximate surface area is 105 Å². The molecule has 0 radical (unpaired) electrons. The van der Waals surface area contributed by atoms with E-state index in [0.29, 0.717) is 18.4 Å². The monoisotopic (exact) mass is 258 g/mol. The van der Waals surface area contributed by atoms with Crippen molar-refractivity contribution in [2.75, 3.05) is 5.73 Å². The summed E-state index contributed by atoms with van der Waals surface area (Å²) in [5.74, 6) is -0.919. The Kier molecular flexibility index (Phi) is 3.98. The molecule has 0 spiro atoms. The van der Waals surface area contributed by atoms with Crippen LogP contribution in [0.25, 0.3) is 0 Å². The molecule has 3 nitrogen and oxygen atoms in total. The Morgan fingerprint density at radius 2 is 2.06 bits per heavy atom. The minimum Gasteiger partial charge on any atom is -0.395 e. The van der Waals surface area contributed by atoms with Gasteiger partial charge in [-0.3, -0.25) is 4.79 Å². The highest BCUT2D eigenvalue weighted by Gasteiger charge is 2.25. The first-order valence-corrected chi connectivity index (χ1v) is 5.66. The summed E-state index contributed by atoms with van der Waals surface area (Å²) >= 11 is 5.69. The van der Waals surface area contributed by atoms with E-state index in [0.717, 1.165) is 0 Å². The van der Waals surface area contributed by atoms with Crippen LogP contribution >= 0.6 is 11.6 Å². The molecule has 0 unspecified atom stereocenters. The van der Waals surface area contributed by atoms with Crippen LogP contribution in [0.5, 0.6) is 0 Å². The van der Waals surface area contributed by atoms with E-state index < -0.39 is 17.1 Å². The van der Waals surface area contributed by atoms with Gasteiger partial charge in [-0.05, 0) is 24.5 Å². The van der Waals surface area contributed by atoms with Crippen molar-refractivity contribution in [3.05, 3.63) is 28.5 Å². The van der Waals surface area contributed by atoms with Gasteiger partial charge >= 0.3 is 0 Å². The highest BCUT2D eigenvalue weighted by molar-refractivity contribution is 6.33.